The second-order valence-electron chi connectivity index (χ2n) is 8.70. The number of nitrogens with one attached hydrogen (secondary N) is 1. The number of nitrogens with zero attached hydrogens (tertiary/aromatic N) is 2. The van der Waals surface area contributed by atoms with Gasteiger partial charge in [0.1, 0.15) is 5.82 Å². The van der Waals surface area contributed by atoms with E-state index in [1.165, 1.54) is 23.9 Å². The highest BCUT2D eigenvalue weighted by Crippen LogP contribution is 2.25. The number of ether oxygens (including phenoxy) is 1. The Hall–Kier alpha value is -2.71. The van der Waals surface area contributed by atoms with E-state index in [2.05, 4.69) is 5.32 Å². The molecule has 0 spiro atoms. The number of hydrogen-bond acceptors (Lipinski definition) is 5. The van der Waals surface area contributed by atoms with E-state index in [0.717, 1.165) is 18.4 Å². The van der Waals surface area contributed by atoms with E-state index in [9.17, 15) is 14.0 Å². The molecule has 0 radical (unpaired) electrons. The third-order valence-corrected chi connectivity index (χ3v) is 6.57. The molecule has 1 saturated heterocycles. The molecule has 1 aromatic heterocycles. The first-order valence-corrected chi connectivity index (χ1v) is 12.2. The summed E-state index contributed by atoms with van der Waals surface area (Å²) in [6.45, 7) is 5.74. The molecule has 1 unspecified atom stereocenters. The average Bonchev–Trinajstić information content (AvgIpc) is 3.31. The Bertz CT molecular complexity index is 1210. The molecule has 8 heteroatoms. The van der Waals surface area contributed by atoms with Gasteiger partial charge >= 0.3 is 0 Å². The third-order valence-electron chi connectivity index (χ3n) is 5.52. The van der Waals surface area contributed by atoms with E-state index in [1.807, 2.05) is 19.9 Å². The minimum atomic E-state index is -0.298. The van der Waals surface area contributed by atoms with Gasteiger partial charge in [-0.3, -0.25) is 14.2 Å². The van der Waals surface area contributed by atoms with Crippen LogP contribution in [-0.2, 0) is 17.0 Å². The highest BCUT2D eigenvalue weighted by Gasteiger charge is 2.21. The van der Waals surface area contributed by atoms with Crippen LogP contribution in [0.15, 0.2) is 52.4 Å². The molecule has 0 saturated carbocycles. The lowest BCUT2D eigenvalue weighted by Gasteiger charge is -2.17. The van der Waals surface area contributed by atoms with E-state index >= 15 is 0 Å². The van der Waals surface area contributed by atoms with Crippen LogP contribution in [-0.4, -0.2) is 34.7 Å². The van der Waals surface area contributed by atoms with Crippen molar-refractivity contribution in [3.05, 3.63) is 69.8 Å². The monoisotopic (exact) mass is 469 g/mol. The van der Waals surface area contributed by atoms with Gasteiger partial charge in [-0.1, -0.05) is 37.7 Å². The zero-order chi connectivity index (χ0) is 23.4. The van der Waals surface area contributed by atoms with Gasteiger partial charge in [0.15, 0.2) is 5.16 Å². The standard InChI is InChI=1S/C25H28FN3O3S/c1-16(2)13-27-23(30)18-8-9-21-22(12-18)28-25(33-15-17-5-3-6-19(26)11-17)29(24(21)31)14-20-7-4-10-32-20/h3,5-6,8-9,11-12,16,20H,4,7,10,13-15H2,1-2H3,(H,27,30). The van der Waals surface area contributed by atoms with Gasteiger partial charge in [-0.15, -0.1) is 0 Å². The molecule has 3 aromatic rings. The van der Waals surface area contributed by atoms with Crippen LogP contribution in [0.2, 0.25) is 0 Å². The second kappa shape index (κ2) is 10.5. The highest BCUT2D eigenvalue weighted by atomic mass is 32.2. The van der Waals surface area contributed by atoms with Gasteiger partial charge in [0.25, 0.3) is 11.5 Å². The maximum absolute atomic E-state index is 13.6. The minimum Gasteiger partial charge on any atom is -0.376 e. The van der Waals surface area contributed by atoms with Crippen molar-refractivity contribution in [2.45, 2.75) is 50.2 Å². The maximum Gasteiger partial charge on any atom is 0.262 e. The summed E-state index contributed by atoms with van der Waals surface area (Å²) in [5, 5.41) is 3.89. The Morgan fingerprint density at radius 2 is 2.15 bits per heavy atom. The maximum atomic E-state index is 13.6. The number of carbonyl (C=O) groups excluding carboxylic acids is 1. The van der Waals surface area contributed by atoms with Crippen molar-refractivity contribution in [2.24, 2.45) is 5.92 Å². The smallest absolute Gasteiger partial charge is 0.262 e. The predicted molar refractivity (Wildman–Crippen MR) is 128 cm³/mol. The van der Waals surface area contributed by atoms with Gasteiger partial charge in [0, 0.05) is 24.5 Å². The van der Waals surface area contributed by atoms with Crippen molar-refractivity contribution in [3.8, 4) is 0 Å². The molecule has 1 aliphatic heterocycles. The number of amides is 1. The van der Waals surface area contributed by atoms with Crippen LogP contribution in [0.3, 0.4) is 0 Å². The number of hydrogen-bond donors (Lipinski definition) is 1. The Kier molecular flexibility index (Phi) is 7.45. The Morgan fingerprint density at radius 1 is 1.30 bits per heavy atom. The summed E-state index contributed by atoms with van der Waals surface area (Å²) in [6.07, 6.45) is 1.84. The normalized spacial score (nSPS) is 15.9. The summed E-state index contributed by atoms with van der Waals surface area (Å²) < 4.78 is 21.0. The number of fused-ring (bicyclic) bond motifs is 1. The molecule has 1 N–H and O–H groups in total. The van der Waals surface area contributed by atoms with Crippen molar-refractivity contribution < 1.29 is 13.9 Å². The Labute approximate surface area is 196 Å². The Balaban J connectivity index is 1.68. The van der Waals surface area contributed by atoms with E-state index < -0.39 is 0 Å². The number of aromatic nitrogens is 2. The fourth-order valence-corrected chi connectivity index (χ4v) is 4.73. The van der Waals surface area contributed by atoms with Crippen molar-refractivity contribution in [2.75, 3.05) is 13.2 Å². The molecule has 174 valence electrons. The van der Waals surface area contributed by atoms with Gasteiger partial charge in [0.2, 0.25) is 0 Å². The van der Waals surface area contributed by atoms with Crippen LogP contribution in [0, 0.1) is 11.7 Å². The molecule has 0 bridgehead atoms. The minimum absolute atomic E-state index is 0.0310. The van der Waals surface area contributed by atoms with E-state index in [1.54, 1.807) is 28.8 Å². The third kappa shape index (κ3) is 5.81. The van der Waals surface area contributed by atoms with Crippen molar-refractivity contribution >= 4 is 28.6 Å². The number of benzene rings is 2. The lowest BCUT2D eigenvalue weighted by atomic mass is 10.1. The van der Waals surface area contributed by atoms with E-state index in [0.29, 0.717) is 53.0 Å². The molecule has 1 atom stereocenters. The fourth-order valence-electron chi connectivity index (χ4n) is 3.78. The van der Waals surface area contributed by atoms with Crippen LogP contribution in [0.4, 0.5) is 4.39 Å². The molecular formula is C25H28FN3O3S. The second-order valence-corrected chi connectivity index (χ2v) is 9.64. The molecule has 1 aliphatic rings. The molecular weight excluding hydrogens is 441 g/mol. The van der Waals surface area contributed by atoms with Gasteiger partial charge in [-0.2, -0.15) is 0 Å². The highest BCUT2D eigenvalue weighted by molar-refractivity contribution is 7.98. The summed E-state index contributed by atoms with van der Waals surface area (Å²) in [4.78, 5) is 30.7. The van der Waals surface area contributed by atoms with E-state index in [4.69, 9.17) is 9.72 Å². The van der Waals surface area contributed by atoms with Gasteiger partial charge in [-0.25, -0.2) is 9.37 Å². The Morgan fingerprint density at radius 3 is 2.88 bits per heavy atom. The number of halogens is 1. The quantitative estimate of drug-likeness (QED) is 0.391. The molecule has 4 rings (SSSR count). The van der Waals surface area contributed by atoms with Gasteiger partial charge < -0.3 is 10.1 Å². The molecule has 2 heterocycles. The van der Waals surface area contributed by atoms with Gasteiger partial charge in [0.05, 0.1) is 23.6 Å². The summed E-state index contributed by atoms with van der Waals surface area (Å²) in [6, 6.07) is 11.4. The summed E-state index contributed by atoms with van der Waals surface area (Å²) >= 11 is 1.38. The average molecular weight is 470 g/mol. The van der Waals surface area contributed by atoms with Gasteiger partial charge in [-0.05, 0) is 54.7 Å². The van der Waals surface area contributed by atoms with Crippen LogP contribution in [0.5, 0.6) is 0 Å². The lowest BCUT2D eigenvalue weighted by Crippen LogP contribution is -2.29. The molecule has 6 nitrogen and oxygen atoms in total. The molecule has 1 amide bonds. The van der Waals surface area contributed by atoms with Crippen LogP contribution in [0.1, 0.15) is 42.6 Å². The number of carbonyl (C=O) groups is 1. The number of thioether (sulfide) groups is 1. The topological polar surface area (TPSA) is 73.2 Å². The zero-order valence-electron chi connectivity index (χ0n) is 18.8. The first-order chi connectivity index (χ1) is 15.9. The van der Waals surface area contributed by atoms with E-state index in [-0.39, 0.29) is 23.4 Å². The molecule has 33 heavy (non-hydrogen) atoms. The fraction of sp³-hybridized carbons (Fsp3) is 0.400. The van der Waals surface area contributed by atoms with Crippen LogP contribution >= 0.6 is 11.8 Å². The summed E-state index contributed by atoms with van der Waals surface area (Å²) in [7, 11) is 0. The first-order valence-electron chi connectivity index (χ1n) is 11.2. The summed E-state index contributed by atoms with van der Waals surface area (Å²) in [5.41, 5.74) is 1.58. The SMILES string of the molecule is CC(C)CNC(=O)c1ccc2c(=O)n(CC3CCCO3)c(SCc3cccc(F)c3)nc2c1. The van der Waals surface area contributed by atoms with Crippen molar-refractivity contribution in [3.63, 3.8) is 0 Å². The largest absolute Gasteiger partial charge is 0.376 e. The molecule has 2 aromatic carbocycles. The molecule has 0 aliphatic carbocycles. The number of rotatable bonds is 8. The molecule has 1 fully saturated rings. The van der Waals surface area contributed by atoms with Crippen LogP contribution in [0.25, 0.3) is 10.9 Å². The zero-order valence-corrected chi connectivity index (χ0v) is 19.7. The van der Waals surface area contributed by atoms with Crippen molar-refractivity contribution in [1.82, 2.24) is 14.9 Å². The predicted octanol–water partition coefficient (Wildman–Crippen LogP) is 4.39. The lowest BCUT2D eigenvalue weighted by molar-refractivity contribution is 0.0937. The summed E-state index contributed by atoms with van der Waals surface area (Å²) in [5.74, 6) is 0.317. The van der Waals surface area contributed by atoms with Crippen LogP contribution < -0.4 is 10.9 Å². The first kappa shape index (κ1) is 23.4. The van der Waals surface area contributed by atoms with Crippen molar-refractivity contribution in [1.29, 1.82) is 0 Å².